The summed E-state index contributed by atoms with van der Waals surface area (Å²) < 4.78 is 15.7. The number of fused-ring (bicyclic) bond motifs is 1. The second-order valence-corrected chi connectivity index (χ2v) is 8.10. The molecule has 0 bridgehead atoms. The molecule has 31 heavy (non-hydrogen) atoms. The van der Waals surface area contributed by atoms with E-state index in [1.54, 1.807) is 12.1 Å². The zero-order valence-corrected chi connectivity index (χ0v) is 17.7. The van der Waals surface area contributed by atoms with Crippen molar-refractivity contribution in [2.24, 2.45) is 13.0 Å². The number of imidazole rings is 1. The topological polar surface area (TPSA) is 76.0 Å². The van der Waals surface area contributed by atoms with Crippen LogP contribution in [0.1, 0.15) is 48.3 Å². The predicted molar refractivity (Wildman–Crippen MR) is 118 cm³/mol. The van der Waals surface area contributed by atoms with Crippen LogP contribution in [0.4, 0.5) is 10.1 Å². The van der Waals surface area contributed by atoms with E-state index in [1.165, 1.54) is 18.6 Å². The zero-order chi connectivity index (χ0) is 21.8. The van der Waals surface area contributed by atoms with Crippen molar-refractivity contribution in [1.82, 2.24) is 14.9 Å². The molecule has 7 heteroatoms. The van der Waals surface area contributed by atoms with E-state index in [0.717, 1.165) is 48.2 Å². The van der Waals surface area contributed by atoms with Gasteiger partial charge in [-0.3, -0.25) is 9.59 Å². The second-order valence-electron chi connectivity index (χ2n) is 8.10. The molecule has 0 spiro atoms. The van der Waals surface area contributed by atoms with Crippen LogP contribution in [-0.4, -0.2) is 27.9 Å². The maximum absolute atomic E-state index is 13.7. The van der Waals surface area contributed by atoms with Gasteiger partial charge in [0.25, 0.3) is 5.91 Å². The molecule has 2 amide bonds. The van der Waals surface area contributed by atoms with E-state index >= 15 is 0 Å². The minimum absolute atomic E-state index is 0.0332. The zero-order valence-electron chi connectivity index (χ0n) is 17.7. The molecule has 1 fully saturated rings. The lowest BCUT2D eigenvalue weighted by atomic mass is 9.88. The molecule has 1 saturated carbocycles. The minimum Gasteiger partial charge on any atom is -0.351 e. The Morgan fingerprint density at radius 1 is 1.13 bits per heavy atom. The monoisotopic (exact) mass is 422 g/mol. The van der Waals surface area contributed by atoms with Crippen LogP contribution in [0.2, 0.25) is 0 Å². The van der Waals surface area contributed by atoms with E-state index in [0.29, 0.717) is 13.0 Å². The SMILES string of the molecule is Cn1c(CCNC(=O)c2ccccc2F)nc2cc(NC(=O)C3CCCCC3)ccc21. The number of aromatic nitrogens is 2. The molecule has 0 aliphatic heterocycles. The Labute approximate surface area is 180 Å². The molecule has 0 saturated heterocycles. The average Bonchev–Trinajstić information content (AvgIpc) is 3.09. The number of hydrogen-bond donors (Lipinski definition) is 2. The summed E-state index contributed by atoms with van der Waals surface area (Å²) in [5, 5.41) is 5.78. The molecule has 3 aromatic rings. The van der Waals surface area contributed by atoms with Gasteiger partial charge in [-0.1, -0.05) is 31.4 Å². The normalized spacial score (nSPS) is 14.5. The lowest BCUT2D eigenvalue weighted by Gasteiger charge is -2.20. The number of rotatable bonds is 6. The fourth-order valence-electron chi connectivity index (χ4n) is 4.19. The van der Waals surface area contributed by atoms with E-state index in [-0.39, 0.29) is 17.4 Å². The Bertz CT molecular complexity index is 1100. The van der Waals surface area contributed by atoms with Crippen LogP contribution in [0, 0.1) is 11.7 Å². The van der Waals surface area contributed by atoms with Crippen molar-refractivity contribution in [3.63, 3.8) is 0 Å². The molecule has 2 N–H and O–H groups in total. The van der Waals surface area contributed by atoms with Crippen LogP contribution in [0.25, 0.3) is 11.0 Å². The average molecular weight is 423 g/mol. The van der Waals surface area contributed by atoms with Crippen molar-refractivity contribution in [3.8, 4) is 0 Å². The molecule has 1 aliphatic carbocycles. The van der Waals surface area contributed by atoms with Crippen molar-refractivity contribution in [3.05, 3.63) is 59.7 Å². The molecule has 2 aromatic carbocycles. The molecule has 6 nitrogen and oxygen atoms in total. The van der Waals surface area contributed by atoms with Crippen LogP contribution in [0.15, 0.2) is 42.5 Å². The molecule has 0 atom stereocenters. The van der Waals surface area contributed by atoms with Gasteiger partial charge in [-0.15, -0.1) is 0 Å². The van der Waals surface area contributed by atoms with Gasteiger partial charge in [-0.05, 0) is 43.2 Å². The summed E-state index contributed by atoms with van der Waals surface area (Å²) in [5.41, 5.74) is 2.52. The van der Waals surface area contributed by atoms with Gasteiger partial charge in [0, 0.05) is 31.6 Å². The maximum atomic E-state index is 13.7. The number of hydrogen-bond acceptors (Lipinski definition) is 3. The summed E-state index contributed by atoms with van der Waals surface area (Å²) in [5.74, 6) is 0.0163. The number of amides is 2. The lowest BCUT2D eigenvalue weighted by molar-refractivity contribution is -0.120. The standard InChI is InChI=1S/C24H27FN4O2/c1-29-21-12-11-17(27-23(30)16-7-3-2-4-8-16)15-20(21)28-22(29)13-14-26-24(31)18-9-5-6-10-19(18)25/h5-6,9-12,15-16H,2-4,7-8,13-14H2,1H3,(H,26,31)(H,27,30). The molecule has 1 heterocycles. The van der Waals surface area contributed by atoms with Gasteiger partial charge in [0.05, 0.1) is 16.6 Å². The van der Waals surface area contributed by atoms with Crippen molar-refractivity contribution < 1.29 is 14.0 Å². The van der Waals surface area contributed by atoms with Gasteiger partial charge >= 0.3 is 0 Å². The third kappa shape index (κ3) is 4.76. The van der Waals surface area contributed by atoms with Crippen molar-refractivity contribution >= 4 is 28.5 Å². The largest absolute Gasteiger partial charge is 0.351 e. The van der Waals surface area contributed by atoms with Crippen LogP contribution in [-0.2, 0) is 18.3 Å². The number of halogens is 1. The number of nitrogens with one attached hydrogen (secondary N) is 2. The Morgan fingerprint density at radius 2 is 1.90 bits per heavy atom. The van der Waals surface area contributed by atoms with Gasteiger partial charge in [0.15, 0.2) is 0 Å². The summed E-state index contributed by atoms with van der Waals surface area (Å²) >= 11 is 0. The molecule has 162 valence electrons. The number of carbonyl (C=O) groups excluding carboxylic acids is 2. The molecule has 0 radical (unpaired) electrons. The molecule has 4 rings (SSSR count). The first-order chi connectivity index (χ1) is 15.0. The van der Waals surface area contributed by atoms with Crippen LogP contribution in [0.3, 0.4) is 0 Å². The van der Waals surface area contributed by atoms with E-state index in [4.69, 9.17) is 0 Å². The smallest absolute Gasteiger partial charge is 0.254 e. The Balaban J connectivity index is 1.40. The summed E-state index contributed by atoms with van der Waals surface area (Å²) in [6, 6.07) is 11.6. The third-order valence-corrected chi connectivity index (χ3v) is 5.97. The number of aryl methyl sites for hydroxylation is 1. The lowest BCUT2D eigenvalue weighted by Crippen LogP contribution is -2.27. The number of anilines is 1. The number of carbonyl (C=O) groups is 2. The van der Waals surface area contributed by atoms with Gasteiger partial charge in [-0.25, -0.2) is 9.37 Å². The quantitative estimate of drug-likeness (QED) is 0.625. The van der Waals surface area contributed by atoms with Gasteiger partial charge in [0.1, 0.15) is 11.6 Å². The first-order valence-corrected chi connectivity index (χ1v) is 10.8. The highest BCUT2D eigenvalue weighted by Gasteiger charge is 2.21. The van der Waals surface area contributed by atoms with Crippen LogP contribution in [0.5, 0.6) is 0 Å². The van der Waals surface area contributed by atoms with E-state index in [1.807, 2.05) is 29.8 Å². The first kappa shape index (κ1) is 21.0. The summed E-state index contributed by atoms with van der Waals surface area (Å²) in [6.07, 6.45) is 5.88. The van der Waals surface area contributed by atoms with Crippen molar-refractivity contribution in [2.45, 2.75) is 38.5 Å². The summed E-state index contributed by atoms with van der Waals surface area (Å²) in [7, 11) is 1.92. The van der Waals surface area contributed by atoms with Crippen LogP contribution >= 0.6 is 0 Å². The first-order valence-electron chi connectivity index (χ1n) is 10.8. The van der Waals surface area contributed by atoms with E-state index in [9.17, 15) is 14.0 Å². The van der Waals surface area contributed by atoms with Gasteiger partial charge in [-0.2, -0.15) is 0 Å². The van der Waals surface area contributed by atoms with Gasteiger partial charge < -0.3 is 15.2 Å². The van der Waals surface area contributed by atoms with Crippen molar-refractivity contribution in [2.75, 3.05) is 11.9 Å². The Morgan fingerprint density at radius 3 is 2.68 bits per heavy atom. The Kier molecular flexibility index (Phi) is 6.30. The molecular formula is C24H27FN4O2. The van der Waals surface area contributed by atoms with Crippen molar-refractivity contribution in [1.29, 1.82) is 0 Å². The van der Waals surface area contributed by atoms with E-state index in [2.05, 4.69) is 15.6 Å². The Hall–Kier alpha value is -3.22. The highest BCUT2D eigenvalue weighted by atomic mass is 19.1. The minimum atomic E-state index is -0.537. The second kappa shape index (κ2) is 9.29. The van der Waals surface area contributed by atoms with Gasteiger partial charge in [0.2, 0.25) is 5.91 Å². The molecular weight excluding hydrogens is 395 g/mol. The highest BCUT2D eigenvalue weighted by molar-refractivity contribution is 5.95. The molecule has 1 aromatic heterocycles. The highest BCUT2D eigenvalue weighted by Crippen LogP contribution is 2.26. The summed E-state index contributed by atoms with van der Waals surface area (Å²) in [6.45, 7) is 0.343. The fraction of sp³-hybridized carbons (Fsp3) is 0.375. The maximum Gasteiger partial charge on any atom is 0.254 e. The number of benzene rings is 2. The number of nitrogens with zero attached hydrogens (tertiary/aromatic N) is 2. The van der Waals surface area contributed by atoms with Crippen LogP contribution < -0.4 is 10.6 Å². The summed E-state index contributed by atoms with van der Waals surface area (Å²) in [4.78, 5) is 29.4. The fourth-order valence-corrected chi connectivity index (χ4v) is 4.19. The molecule has 0 unspecified atom stereocenters. The third-order valence-electron chi connectivity index (χ3n) is 5.97. The van der Waals surface area contributed by atoms with E-state index < -0.39 is 11.7 Å². The molecule has 1 aliphatic rings. The predicted octanol–water partition coefficient (Wildman–Crippen LogP) is 4.20.